The quantitative estimate of drug-likeness (QED) is 0.0554. The van der Waals surface area contributed by atoms with Gasteiger partial charge in [0.2, 0.25) is 0 Å². The summed E-state index contributed by atoms with van der Waals surface area (Å²) in [6, 6.07) is 19.2. The van der Waals surface area contributed by atoms with Crippen LogP contribution < -0.4 is 0 Å². The molecule has 0 nitrogen and oxygen atoms in total. The molecule has 2 heterocycles. The summed E-state index contributed by atoms with van der Waals surface area (Å²) in [6.45, 7) is 9.25. The molecule has 60 heavy (non-hydrogen) atoms. The number of benzene rings is 3. The summed E-state index contributed by atoms with van der Waals surface area (Å²) in [7, 11) is 0. The Morgan fingerprint density at radius 2 is 0.650 bits per heavy atom. The largest absolute Gasteiger partial charge is 0.117 e. The first-order chi connectivity index (χ1) is 29.4. The molecule has 0 unspecified atom stereocenters. The fourth-order valence-corrected chi connectivity index (χ4v) is 20.9. The van der Waals surface area contributed by atoms with E-state index in [9.17, 15) is 0 Å². The van der Waals surface area contributed by atoms with Crippen molar-refractivity contribution >= 4 is 137 Å². The predicted molar refractivity (Wildman–Crippen MR) is 296 cm³/mol. The third-order valence-corrected chi connectivity index (χ3v) is 23.6. The average molecular weight is 1080 g/mol. The molecule has 3 aromatic carbocycles. The van der Waals surface area contributed by atoms with Crippen LogP contribution >= 0.6 is 126 Å². The van der Waals surface area contributed by atoms with Crippen molar-refractivity contribution in [3.63, 3.8) is 0 Å². The molecule has 3 aromatic rings. The normalized spacial score (nSPS) is 15.6. The Kier molecular flexibility index (Phi) is 20.0. The number of hydrogen-bond acceptors (Lipinski definition) is 8. The van der Waals surface area contributed by atoms with Crippen LogP contribution in [-0.4, -0.2) is 23.0 Å². The van der Waals surface area contributed by atoms with Gasteiger partial charge in [0.15, 0.2) is 0 Å². The highest BCUT2D eigenvalue weighted by atomic mass is 79.9. The zero-order chi connectivity index (χ0) is 41.8. The zero-order valence-corrected chi connectivity index (χ0v) is 45.5. The first-order valence-corrected chi connectivity index (χ1v) is 31.2. The molecular formula is C50H60Br2S8. The van der Waals surface area contributed by atoms with Crippen LogP contribution in [0.25, 0.3) is 33.4 Å². The molecule has 7 rings (SSSR count). The van der Waals surface area contributed by atoms with Crippen LogP contribution in [0.4, 0.5) is 0 Å². The van der Waals surface area contributed by atoms with E-state index in [1.165, 1.54) is 207 Å². The summed E-state index contributed by atoms with van der Waals surface area (Å²) in [6.07, 6.45) is 21.1. The van der Waals surface area contributed by atoms with Crippen LogP contribution in [0.1, 0.15) is 153 Å². The monoisotopic (exact) mass is 1070 g/mol. The summed E-state index contributed by atoms with van der Waals surface area (Å²) in [4.78, 5) is 0. The van der Waals surface area contributed by atoms with Crippen molar-refractivity contribution in [2.75, 3.05) is 23.0 Å². The Balaban J connectivity index is 1.26. The van der Waals surface area contributed by atoms with Crippen molar-refractivity contribution in [2.45, 2.75) is 130 Å². The molecule has 0 saturated heterocycles. The van der Waals surface area contributed by atoms with Crippen LogP contribution in [0.3, 0.4) is 0 Å². The molecule has 0 atom stereocenters. The van der Waals surface area contributed by atoms with E-state index in [4.69, 9.17) is 0 Å². The number of halogens is 2. The first-order valence-electron chi connectivity index (χ1n) is 22.4. The second kappa shape index (κ2) is 24.8. The van der Waals surface area contributed by atoms with Gasteiger partial charge in [-0.1, -0.05) is 196 Å². The maximum Gasteiger partial charge on any atom is 0.0660 e. The van der Waals surface area contributed by atoms with E-state index in [0.717, 1.165) is 8.95 Å². The molecule has 0 bridgehead atoms. The van der Waals surface area contributed by atoms with Crippen LogP contribution in [0.15, 0.2) is 82.9 Å². The number of fused-ring (bicyclic) bond motifs is 6. The number of unbranched alkanes of at least 4 members (excludes halogenated alkanes) is 12. The second-order valence-electron chi connectivity index (χ2n) is 15.8. The van der Waals surface area contributed by atoms with Gasteiger partial charge in [0, 0.05) is 20.1 Å². The zero-order valence-electron chi connectivity index (χ0n) is 35.8. The van der Waals surface area contributed by atoms with Crippen molar-refractivity contribution in [3.8, 4) is 22.3 Å². The Hall–Kier alpha value is 0.380. The number of rotatable bonds is 24. The van der Waals surface area contributed by atoms with Gasteiger partial charge in [-0.05, 0) is 130 Å². The van der Waals surface area contributed by atoms with Crippen molar-refractivity contribution in [3.05, 3.63) is 105 Å². The minimum Gasteiger partial charge on any atom is -0.117 e. The average Bonchev–Trinajstić information content (AvgIpc) is 3.99. The molecule has 0 fully saturated rings. The summed E-state index contributed by atoms with van der Waals surface area (Å²) in [5.41, 5.74) is 13.9. The first kappa shape index (κ1) is 48.3. The van der Waals surface area contributed by atoms with E-state index in [2.05, 4.69) is 202 Å². The van der Waals surface area contributed by atoms with E-state index in [0.29, 0.717) is 0 Å². The Labute approximate surface area is 413 Å². The molecule has 10 heteroatoms. The van der Waals surface area contributed by atoms with E-state index < -0.39 is 0 Å². The van der Waals surface area contributed by atoms with Gasteiger partial charge in [-0.15, -0.1) is 47.0 Å². The van der Waals surface area contributed by atoms with Crippen LogP contribution in [0, 0.1) is 0 Å². The molecule has 2 aliphatic heterocycles. The molecule has 322 valence electrons. The Bertz CT molecular complexity index is 1910. The van der Waals surface area contributed by atoms with Gasteiger partial charge < -0.3 is 0 Å². The summed E-state index contributed by atoms with van der Waals surface area (Å²) in [5.74, 6) is 4.85. The Morgan fingerprint density at radius 3 is 0.950 bits per heavy atom. The molecule has 0 amide bonds. The van der Waals surface area contributed by atoms with E-state index in [-0.39, 0.29) is 0 Å². The standard InChI is InChI=1S/C50H60Br2S8/c1-5-9-13-17-25-53-47-48(54-26-18-14-10-6-2)58-45(57-47)43-39-29-33(51)21-23-35(39)37-32-42-38(31-41(37)43)36-24-22-34(52)30-40(36)44(42)46-59-49(55-27-19-15-11-7-3)50(60-46)56-28-20-16-12-8-4/h21-24,29-32H,5-20,25-28H2,1-4H3. The van der Waals surface area contributed by atoms with Crippen molar-refractivity contribution in [2.24, 2.45) is 0 Å². The molecular weight excluding hydrogens is 1020 g/mol. The lowest BCUT2D eigenvalue weighted by molar-refractivity contribution is 0.707. The van der Waals surface area contributed by atoms with Gasteiger partial charge in [-0.3, -0.25) is 0 Å². The highest BCUT2D eigenvalue weighted by Crippen LogP contribution is 2.65. The van der Waals surface area contributed by atoms with Gasteiger partial charge in [0.05, 0.1) is 25.4 Å². The van der Waals surface area contributed by atoms with E-state index >= 15 is 0 Å². The van der Waals surface area contributed by atoms with Crippen molar-refractivity contribution < 1.29 is 0 Å². The molecule has 0 aromatic heterocycles. The van der Waals surface area contributed by atoms with Gasteiger partial charge in [0.25, 0.3) is 0 Å². The molecule has 2 aliphatic carbocycles. The van der Waals surface area contributed by atoms with Crippen LogP contribution in [-0.2, 0) is 0 Å². The lowest BCUT2D eigenvalue weighted by Gasteiger charge is -2.11. The predicted octanol–water partition coefficient (Wildman–Crippen LogP) is 21.1. The van der Waals surface area contributed by atoms with Crippen molar-refractivity contribution in [1.82, 2.24) is 0 Å². The van der Waals surface area contributed by atoms with Gasteiger partial charge in [0.1, 0.15) is 0 Å². The third kappa shape index (κ3) is 12.0. The Morgan fingerprint density at radius 1 is 0.350 bits per heavy atom. The minimum atomic E-state index is 1.15. The minimum absolute atomic E-state index is 1.15. The van der Waals surface area contributed by atoms with E-state index in [1.807, 2.05) is 0 Å². The maximum atomic E-state index is 3.91. The summed E-state index contributed by atoms with van der Waals surface area (Å²) >= 11 is 24.5. The smallest absolute Gasteiger partial charge is 0.0660 e. The molecule has 0 N–H and O–H groups in total. The second-order valence-corrected chi connectivity index (χ2v) is 27.7. The molecule has 4 aliphatic rings. The molecule has 0 spiro atoms. The van der Waals surface area contributed by atoms with Gasteiger partial charge in [-0.25, -0.2) is 0 Å². The topological polar surface area (TPSA) is 0 Å². The van der Waals surface area contributed by atoms with Crippen LogP contribution in [0.5, 0.6) is 0 Å². The SMILES string of the molecule is CCCCCCSC1=C(SCCCCCC)SC(=C2c3cc(Br)ccc3-c3cc4c(cc32)-c2ccc(Br)cc2C4=C2SC(SCCCCCC)=C(SCCCCCC)S2)S1. The van der Waals surface area contributed by atoms with E-state index in [1.54, 1.807) is 0 Å². The fraction of sp³-hybridized carbons (Fsp3) is 0.480. The number of hydrogen-bond donors (Lipinski definition) is 0. The highest BCUT2D eigenvalue weighted by molar-refractivity contribution is 9.10. The fourth-order valence-electron chi connectivity index (χ4n) is 7.98. The summed E-state index contributed by atoms with van der Waals surface area (Å²) in [5, 5.41) is 0. The summed E-state index contributed by atoms with van der Waals surface area (Å²) < 4.78 is 11.4. The number of thioether (sulfide) groups is 8. The highest BCUT2D eigenvalue weighted by Gasteiger charge is 2.37. The van der Waals surface area contributed by atoms with Crippen LogP contribution in [0.2, 0.25) is 0 Å². The molecule has 0 saturated carbocycles. The molecule has 0 radical (unpaired) electrons. The maximum absolute atomic E-state index is 3.91. The lowest BCUT2D eigenvalue weighted by atomic mass is 9.96. The third-order valence-electron chi connectivity index (χ3n) is 11.2. The van der Waals surface area contributed by atoms with Gasteiger partial charge in [-0.2, -0.15) is 0 Å². The lowest BCUT2D eigenvalue weighted by Crippen LogP contribution is -1.88. The van der Waals surface area contributed by atoms with Crippen molar-refractivity contribution in [1.29, 1.82) is 0 Å². The van der Waals surface area contributed by atoms with Gasteiger partial charge >= 0.3 is 0 Å².